The van der Waals surface area contributed by atoms with Crippen LogP contribution < -0.4 is 0 Å². The Kier molecular flexibility index (Phi) is 2.65. The molecule has 2 aromatic heterocycles. The molecule has 0 saturated carbocycles. The summed E-state index contributed by atoms with van der Waals surface area (Å²) in [5, 5.41) is 1.90. The Balaban J connectivity index is 2.29. The van der Waals surface area contributed by atoms with E-state index in [4.69, 9.17) is 6.57 Å². The Morgan fingerprint density at radius 3 is 3.05 bits per heavy atom. The number of hydrogen-bond donors (Lipinski definition) is 0. The van der Waals surface area contributed by atoms with Crippen LogP contribution in [0, 0.1) is 6.57 Å². The molecule has 2 heterocycles. The number of benzene rings is 1. The van der Waals surface area contributed by atoms with Crippen molar-refractivity contribution in [2.24, 2.45) is 0 Å². The van der Waals surface area contributed by atoms with Crippen molar-refractivity contribution in [2.75, 3.05) is 0 Å². The number of carbonyl (C=O) groups is 1. The van der Waals surface area contributed by atoms with E-state index in [1.807, 2.05) is 17.6 Å². The zero-order chi connectivity index (χ0) is 13.4. The third kappa shape index (κ3) is 1.83. The van der Waals surface area contributed by atoms with Gasteiger partial charge in [0.2, 0.25) is 0 Å². The normalized spacial score (nSPS) is 10.5. The van der Waals surface area contributed by atoms with E-state index < -0.39 is 0 Å². The van der Waals surface area contributed by atoms with Crippen molar-refractivity contribution < 1.29 is 4.79 Å². The van der Waals surface area contributed by atoms with Gasteiger partial charge in [0.15, 0.2) is 16.4 Å². The predicted octanol–water partition coefficient (Wildman–Crippen LogP) is 3.82. The number of imidazole rings is 1. The first-order valence-corrected chi connectivity index (χ1v) is 6.53. The third-order valence-electron chi connectivity index (χ3n) is 2.84. The highest BCUT2D eigenvalue weighted by molar-refractivity contribution is 7.15. The van der Waals surface area contributed by atoms with E-state index in [0.29, 0.717) is 17.1 Å². The summed E-state index contributed by atoms with van der Waals surface area (Å²) in [5.41, 5.74) is 2.56. The highest BCUT2D eigenvalue weighted by atomic mass is 32.1. The Morgan fingerprint density at radius 2 is 2.32 bits per heavy atom. The smallest absolute Gasteiger partial charge is 0.194 e. The van der Waals surface area contributed by atoms with Crippen molar-refractivity contribution in [3.05, 3.63) is 53.0 Å². The molecule has 0 spiro atoms. The molecule has 0 N–H and O–H groups in total. The van der Waals surface area contributed by atoms with E-state index in [-0.39, 0.29) is 5.78 Å². The summed E-state index contributed by atoms with van der Waals surface area (Å²) in [6.07, 6.45) is 1.84. The molecule has 0 unspecified atom stereocenters. The number of fused-ring (bicyclic) bond motifs is 1. The molecule has 0 fully saturated rings. The lowest BCUT2D eigenvalue weighted by molar-refractivity contribution is 0.101. The molecule has 0 aliphatic rings. The highest BCUT2D eigenvalue weighted by Crippen LogP contribution is 2.29. The lowest BCUT2D eigenvalue weighted by atomic mass is 10.1. The topological polar surface area (TPSA) is 38.7 Å². The number of aromatic nitrogens is 2. The molecule has 0 radical (unpaired) electrons. The molecule has 3 aromatic rings. The molecule has 5 heteroatoms. The van der Waals surface area contributed by atoms with Gasteiger partial charge in [0.25, 0.3) is 0 Å². The fourth-order valence-corrected chi connectivity index (χ4v) is 2.76. The number of carbonyl (C=O) groups excluding carboxylic acids is 1. The van der Waals surface area contributed by atoms with Gasteiger partial charge in [0.1, 0.15) is 5.69 Å². The minimum atomic E-state index is -0.0332. The molecular formula is C14H9N3OS. The molecule has 0 saturated heterocycles. The summed E-state index contributed by atoms with van der Waals surface area (Å²) >= 11 is 1.48. The van der Waals surface area contributed by atoms with E-state index in [1.54, 1.807) is 22.6 Å². The minimum absolute atomic E-state index is 0.0332. The molecule has 0 atom stereocenters. The lowest BCUT2D eigenvalue weighted by Crippen LogP contribution is -1.99. The van der Waals surface area contributed by atoms with Crippen LogP contribution in [-0.2, 0) is 0 Å². The van der Waals surface area contributed by atoms with Crippen molar-refractivity contribution in [3.8, 4) is 11.3 Å². The maximum Gasteiger partial charge on any atom is 0.194 e. The van der Waals surface area contributed by atoms with Crippen LogP contribution in [0.2, 0.25) is 0 Å². The SMILES string of the molecule is [C-]#[N+]c1cccc(-c2nc3sccn3c2C(C)=O)c1. The monoisotopic (exact) mass is 267 g/mol. The van der Waals surface area contributed by atoms with Crippen LogP contribution in [0.1, 0.15) is 17.4 Å². The summed E-state index contributed by atoms with van der Waals surface area (Å²) in [7, 11) is 0. The second-order valence-corrected chi connectivity index (χ2v) is 4.96. The summed E-state index contributed by atoms with van der Waals surface area (Å²) in [6, 6.07) is 7.17. The van der Waals surface area contributed by atoms with Crippen LogP contribution in [0.5, 0.6) is 0 Å². The average molecular weight is 267 g/mol. The van der Waals surface area contributed by atoms with Gasteiger partial charge < -0.3 is 0 Å². The van der Waals surface area contributed by atoms with Gasteiger partial charge in [-0.2, -0.15) is 0 Å². The molecule has 3 rings (SSSR count). The average Bonchev–Trinajstić information content (AvgIpc) is 2.98. The maximum absolute atomic E-state index is 11.9. The van der Waals surface area contributed by atoms with Crippen molar-refractivity contribution >= 4 is 27.8 Å². The molecule has 0 aliphatic carbocycles. The summed E-state index contributed by atoms with van der Waals surface area (Å²) in [6.45, 7) is 8.58. The quantitative estimate of drug-likeness (QED) is 0.523. The molecule has 1 aromatic carbocycles. The molecule has 0 bridgehead atoms. The molecule has 0 amide bonds. The van der Waals surface area contributed by atoms with E-state index in [0.717, 1.165) is 10.5 Å². The fourth-order valence-electron chi connectivity index (χ4n) is 2.05. The summed E-state index contributed by atoms with van der Waals surface area (Å²) in [4.78, 5) is 20.5. The van der Waals surface area contributed by atoms with Gasteiger partial charge in [-0.05, 0) is 11.6 Å². The molecule has 4 nitrogen and oxygen atoms in total. The third-order valence-corrected chi connectivity index (χ3v) is 3.60. The Hall–Kier alpha value is -2.45. The zero-order valence-electron chi connectivity index (χ0n) is 10.1. The van der Waals surface area contributed by atoms with Crippen LogP contribution >= 0.6 is 11.3 Å². The van der Waals surface area contributed by atoms with Crippen LogP contribution in [0.25, 0.3) is 21.1 Å². The van der Waals surface area contributed by atoms with Crippen LogP contribution in [0.3, 0.4) is 0 Å². The first kappa shape index (κ1) is 11.6. The van der Waals surface area contributed by atoms with Gasteiger partial charge in [-0.25, -0.2) is 9.83 Å². The van der Waals surface area contributed by atoms with Gasteiger partial charge in [0.05, 0.1) is 12.3 Å². The number of ketones is 1. The Morgan fingerprint density at radius 1 is 1.47 bits per heavy atom. The number of Topliss-reactive ketones (excluding diaryl/α,β-unsaturated/α-hetero) is 1. The van der Waals surface area contributed by atoms with Crippen LogP contribution in [-0.4, -0.2) is 15.2 Å². The largest absolute Gasteiger partial charge is 0.293 e. The van der Waals surface area contributed by atoms with E-state index in [2.05, 4.69) is 9.83 Å². The predicted molar refractivity (Wildman–Crippen MR) is 74.8 cm³/mol. The number of rotatable bonds is 2. The number of hydrogen-bond acceptors (Lipinski definition) is 3. The Labute approximate surface area is 113 Å². The van der Waals surface area contributed by atoms with Gasteiger partial charge in [-0.3, -0.25) is 9.20 Å². The van der Waals surface area contributed by atoms with E-state index in [9.17, 15) is 4.79 Å². The van der Waals surface area contributed by atoms with Crippen molar-refractivity contribution in [3.63, 3.8) is 0 Å². The molecule has 92 valence electrons. The maximum atomic E-state index is 11.9. The van der Waals surface area contributed by atoms with Crippen molar-refractivity contribution in [1.82, 2.24) is 9.38 Å². The van der Waals surface area contributed by atoms with Crippen LogP contribution in [0.4, 0.5) is 5.69 Å². The van der Waals surface area contributed by atoms with E-state index >= 15 is 0 Å². The standard InChI is InChI=1S/C14H9N3OS/c1-9(18)13-12(16-14-17(13)6-7-19-14)10-4-3-5-11(8-10)15-2/h3-8H,1H3. The highest BCUT2D eigenvalue weighted by Gasteiger charge is 2.18. The van der Waals surface area contributed by atoms with Crippen LogP contribution in [0.15, 0.2) is 35.8 Å². The Bertz CT molecular complexity index is 823. The minimum Gasteiger partial charge on any atom is -0.293 e. The van der Waals surface area contributed by atoms with Gasteiger partial charge in [0, 0.05) is 18.5 Å². The molecular weight excluding hydrogens is 258 g/mol. The summed E-state index contributed by atoms with van der Waals surface area (Å²) in [5.74, 6) is -0.0332. The van der Waals surface area contributed by atoms with Gasteiger partial charge in [-0.1, -0.05) is 18.2 Å². The molecule has 19 heavy (non-hydrogen) atoms. The second kappa shape index (κ2) is 4.34. The second-order valence-electron chi connectivity index (χ2n) is 4.08. The van der Waals surface area contributed by atoms with Crippen molar-refractivity contribution in [1.29, 1.82) is 0 Å². The fraction of sp³-hybridized carbons (Fsp3) is 0.0714. The number of nitrogens with zero attached hydrogens (tertiary/aromatic N) is 3. The first-order chi connectivity index (χ1) is 9.20. The van der Waals surface area contributed by atoms with E-state index in [1.165, 1.54) is 18.3 Å². The van der Waals surface area contributed by atoms with Crippen molar-refractivity contribution in [2.45, 2.75) is 6.92 Å². The first-order valence-electron chi connectivity index (χ1n) is 5.65. The van der Waals surface area contributed by atoms with Gasteiger partial charge >= 0.3 is 0 Å². The number of thiazole rings is 1. The zero-order valence-corrected chi connectivity index (χ0v) is 10.9. The van der Waals surface area contributed by atoms with Gasteiger partial charge in [-0.15, -0.1) is 11.3 Å². The molecule has 0 aliphatic heterocycles. The lowest BCUT2D eigenvalue weighted by Gasteiger charge is -2.01. The summed E-state index contributed by atoms with van der Waals surface area (Å²) < 4.78 is 1.80.